The molecular formula is C12H21NO5. The van der Waals surface area contributed by atoms with Gasteiger partial charge in [0.25, 0.3) is 0 Å². The number of likely N-dealkylation sites (tertiary alicyclic amines) is 1. The topological polar surface area (TPSA) is 76.1 Å². The maximum Gasteiger partial charge on any atom is 0.325 e. The van der Waals surface area contributed by atoms with Gasteiger partial charge >= 0.3 is 11.9 Å². The summed E-state index contributed by atoms with van der Waals surface area (Å²) in [5.41, 5.74) is -0.559. The number of rotatable bonds is 3. The van der Waals surface area contributed by atoms with Gasteiger partial charge in [-0.1, -0.05) is 0 Å². The molecule has 0 aromatic rings. The second kappa shape index (κ2) is 5.67. The van der Waals surface area contributed by atoms with Gasteiger partial charge in [-0.3, -0.25) is 14.5 Å². The highest BCUT2D eigenvalue weighted by Gasteiger charge is 2.40. The summed E-state index contributed by atoms with van der Waals surface area (Å²) in [5, 5.41) is 9.71. The van der Waals surface area contributed by atoms with E-state index in [-0.39, 0.29) is 6.54 Å². The molecule has 1 heterocycles. The van der Waals surface area contributed by atoms with Gasteiger partial charge in [-0.15, -0.1) is 0 Å². The minimum Gasteiger partial charge on any atom is -0.468 e. The van der Waals surface area contributed by atoms with Crippen LogP contribution in [0, 0.1) is 0 Å². The third-order valence-corrected chi connectivity index (χ3v) is 2.66. The highest BCUT2D eigenvalue weighted by Crippen LogP contribution is 2.19. The van der Waals surface area contributed by atoms with Crippen LogP contribution in [0.1, 0.15) is 27.2 Å². The molecule has 6 nitrogen and oxygen atoms in total. The van der Waals surface area contributed by atoms with E-state index in [0.717, 1.165) is 0 Å². The first-order valence-corrected chi connectivity index (χ1v) is 5.96. The summed E-state index contributed by atoms with van der Waals surface area (Å²) in [7, 11) is 1.26. The van der Waals surface area contributed by atoms with E-state index in [1.807, 2.05) is 0 Å². The molecule has 1 aliphatic rings. The molecule has 6 heteroatoms. The number of esters is 2. The van der Waals surface area contributed by atoms with Crippen LogP contribution in [0.15, 0.2) is 0 Å². The molecule has 0 saturated carbocycles. The van der Waals surface area contributed by atoms with Gasteiger partial charge in [0.15, 0.2) is 0 Å². The van der Waals surface area contributed by atoms with Gasteiger partial charge in [0.2, 0.25) is 0 Å². The van der Waals surface area contributed by atoms with E-state index >= 15 is 0 Å². The summed E-state index contributed by atoms with van der Waals surface area (Å²) in [5.74, 6) is -0.936. The Kier molecular flexibility index (Phi) is 4.70. The number of ether oxygens (including phenoxy) is 2. The molecule has 1 N–H and O–H groups in total. The zero-order valence-corrected chi connectivity index (χ0v) is 11.3. The molecule has 0 aromatic carbocycles. The summed E-state index contributed by atoms with van der Waals surface area (Å²) in [6.07, 6.45) is -0.345. The lowest BCUT2D eigenvalue weighted by molar-refractivity contribution is -0.158. The molecule has 104 valence electrons. The Morgan fingerprint density at radius 1 is 1.39 bits per heavy atom. The van der Waals surface area contributed by atoms with Gasteiger partial charge in [-0.25, -0.2) is 0 Å². The molecule has 0 aromatic heterocycles. The number of methoxy groups -OCH3 is 1. The molecule has 0 unspecified atom stereocenters. The van der Waals surface area contributed by atoms with Crippen LogP contribution >= 0.6 is 0 Å². The predicted molar refractivity (Wildman–Crippen MR) is 63.8 cm³/mol. The van der Waals surface area contributed by atoms with E-state index in [9.17, 15) is 14.7 Å². The van der Waals surface area contributed by atoms with Crippen molar-refractivity contribution >= 4 is 11.9 Å². The summed E-state index contributed by atoms with van der Waals surface area (Å²) in [6, 6.07) is -0.775. The number of hydrogen-bond acceptors (Lipinski definition) is 6. The van der Waals surface area contributed by atoms with Crippen LogP contribution in [0.5, 0.6) is 0 Å². The van der Waals surface area contributed by atoms with E-state index < -0.39 is 29.7 Å². The molecule has 0 amide bonds. The second-order valence-corrected chi connectivity index (χ2v) is 5.38. The van der Waals surface area contributed by atoms with Crippen molar-refractivity contribution < 1.29 is 24.2 Å². The van der Waals surface area contributed by atoms with Crippen molar-refractivity contribution in [2.45, 2.75) is 44.9 Å². The van der Waals surface area contributed by atoms with Crippen LogP contribution in [0.2, 0.25) is 0 Å². The van der Waals surface area contributed by atoms with Crippen LogP contribution in [0.3, 0.4) is 0 Å². The fourth-order valence-corrected chi connectivity index (χ4v) is 1.98. The van der Waals surface area contributed by atoms with Crippen molar-refractivity contribution in [2.75, 3.05) is 20.2 Å². The largest absolute Gasteiger partial charge is 0.468 e. The fraction of sp³-hybridized carbons (Fsp3) is 0.833. The van der Waals surface area contributed by atoms with E-state index in [4.69, 9.17) is 4.74 Å². The van der Waals surface area contributed by atoms with Crippen LogP contribution in [0.25, 0.3) is 0 Å². The monoisotopic (exact) mass is 259 g/mol. The van der Waals surface area contributed by atoms with Gasteiger partial charge in [-0.2, -0.15) is 0 Å². The average Bonchev–Trinajstić information content (AvgIpc) is 2.56. The molecule has 0 radical (unpaired) electrons. The van der Waals surface area contributed by atoms with Gasteiger partial charge < -0.3 is 14.6 Å². The number of aliphatic hydroxyl groups is 1. The molecule has 0 bridgehead atoms. The SMILES string of the molecule is COC(=O)[C@@H]1[C@H](O)CCN1CC(=O)OC(C)(C)C. The molecule has 1 rings (SSSR count). The average molecular weight is 259 g/mol. The fourth-order valence-electron chi connectivity index (χ4n) is 1.98. The Morgan fingerprint density at radius 2 is 2.00 bits per heavy atom. The van der Waals surface area contributed by atoms with Crippen molar-refractivity contribution in [1.82, 2.24) is 4.90 Å². The van der Waals surface area contributed by atoms with Gasteiger partial charge in [-0.05, 0) is 27.2 Å². The standard InChI is InChI=1S/C12H21NO5/c1-12(2,3)18-9(15)7-13-6-5-8(14)10(13)11(16)17-4/h8,10,14H,5-7H2,1-4H3/t8-,10+/m1/s1. The lowest BCUT2D eigenvalue weighted by atomic mass is 10.2. The number of nitrogens with zero attached hydrogens (tertiary/aromatic N) is 1. The van der Waals surface area contributed by atoms with Crippen molar-refractivity contribution in [3.63, 3.8) is 0 Å². The maximum absolute atomic E-state index is 11.7. The molecule has 2 atom stereocenters. The molecule has 1 saturated heterocycles. The van der Waals surface area contributed by atoms with Crippen LogP contribution in [0.4, 0.5) is 0 Å². The highest BCUT2D eigenvalue weighted by molar-refractivity contribution is 5.79. The smallest absolute Gasteiger partial charge is 0.325 e. The van der Waals surface area contributed by atoms with Crippen molar-refractivity contribution in [3.05, 3.63) is 0 Å². The molecule has 0 aliphatic carbocycles. The molecule has 1 fully saturated rings. The quantitative estimate of drug-likeness (QED) is 0.715. The Balaban J connectivity index is 2.60. The lowest BCUT2D eigenvalue weighted by Gasteiger charge is -2.25. The normalized spacial score (nSPS) is 24.9. The van der Waals surface area contributed by atoms with Gasteiger partial charge in [0, 0.05) is 6.54 Å². The Hall–Kier alpha value is -1.14. The summed E-state index contributed by atoms with van der Waals surface area (Å²) in [4.78, 5) is 24.8. The first-order valence-electron chi connectivity index (χ1n) is 5.96. The second-order valence-electron chi connectivity index (χ2n) is 5.38. The number of aliphatic hydroxyl groups excluding tert-OH is 1. The summed E-state index contributed by atoms with van der Waals surface area (Å²) < 4.78 is 9.81. The summed E-state index contributed by atoms with van der Waals surface area (Å²) in [6.45, 7) is 5.79. The summed E-state index contributed by atoms with van der Waals surface area (Å²) >= 11 is 0. The Morgan fingerprint density at radius 3 is 2.50 bits per heavy atom. The first kappa shape index (κ1) is 14.9. The zero-order valence-electron chi connectivity index (χ0n) is 11.3. The minimum absolute atomic E-state index is 0.0197. The van der Waals surface area contributed by atoms with Crippen molar-refractivity contribution in [1.29, 1.82) is 0 Å². The number of carbonyl (C=O) groups is 2. The lowest BCUT2D eigenvalue weighted by Crippen LogP contribution is -2.45. The predicted octanol–water partition coefficient (Wildman–Crippen LogP) is -0.0637. The zero-order chi connectivity index (χ0) is 13.9. The number of carbonyl (C=O) groups excluding carboxylic acids is 2. The van der Waals surface area contributed by atoms with Gasteiger partial charge in [0.1, 0.15) is 11.6 Å². The maximum atomic E-state index is 11.7. The molecule has 1 aliphatic heterocycles. The van der Waals surface area contributed by atoms with Crippen molar-refractivity contribution in [3.8, 4) is 0 Å². The Bertz CT molecular complexity index is 323. The van der Waals surface area contributed by atoms with E-state index in [0.29, 0.717) is 13.0 Å². The third kappa shape index (κ3) is 3.96. The van der Waals surface area contributed by atoms with E-state index in [1.165, 1.54) is 7.11 Å². The van der Waals surface area contributed by atoms with E-state index in [2.05, 4.69) is 4.74 Å². The molecule has 0 spiro atoms. The van der Waals surface area contributed by atoms with Crippen LogP contribution in [-0.4, -0.2) is 59.9 Å². The number of hydrogen-bond donors (Lipinski definition) is 1. The minimum atomic E-state index is -0.792. The van der Waals surface area contributed by atoms with E-state index in [1.54, 1.807) is 25.7 Å². The van der Waals surface area contributed by atoms with Crippen LogP contribution < -0.4 is 0 Å². The van der Waals surface area contributed by atoms with Crippen molar-refractivity contribution in [2.24, 2.45) is 0 Å². The molecular weight excluding hydrogens is 238 g/mol. The van der Waals surface area contributed by atoms with Crippen LogP contribution in [-0.2, 0) is 19.1 Å². The third-order valence-electron chi connectivity index (χ3n) is 2.66. The Labute approximate surface area is 107 Å². The first-order chi connectivity index (χ1) is 8.24. The van der Waals surface area contributed by atoms with Gasteiger partial charge in [0.05, 0.1) is 19.8 Å². The molecule has 18 heavy (non-hydrogen) atoms. The highest BCUT2D eigenvalue weighted by atomic mass is 16.6.